The fraction of sp³-hybridized carbons (Fsp3) is 0.500. The molecule has 2 fully saturated rings. The van der Waals surface area contributed by atoms with Crippen molar-refractivity contribution in [2.75, 3.05) is 48.3 Å². The molecule has 3 atom stereocenters. The Morgan fingerprint density at radius 1 is 1.19 bits per heavy atom. The Morgan fingerprint density at radius 3 is 2.65 bits per heavy atom. The van der Waals surface area contributed by atoms with Crippen molar-refractivity contribution in [1.29, 1.82) is 0 Å². The quantitative estimate of drug-likeness (QED) is 0.410. The van der Waals surface area contributed by atoms with Crippen LogP contribution in [0.3, 0.4) is 0 Å². The summed E-state index contributed by atoms with van der Waals surface area (Å²) < 4.78 is 62.3. The number of ether oxygens (including phenoxy) is 1. The first-order chi connectivity index (χ1) is 20.2. The first kappa shape index (κ1) is 29.3. The van der Waals surface area contributed by atoms with E-state index in [1.54, 1.807) is 18.2 Å². The number of halogens is 5. The van der Waals surface area contributed by atoms with Crippen LogP contribution in [0.5, 0.6) is 5.75 Å². The van der Waals surface area contributed by atoms with Gasteiger partial charge in [0.2, 0.25) is 17.6 Å². The predicted molar refractivity (Wildman–Crippen MR) is 154 cm³/mol. The molecule has 15 heteroatoms. The van der Waals surface area contributed by atoms with Crippen molar-refractivity contribution in [3.63, 3.8) is 0 Å². The highest BCUT2D eigenvalue weighted by Crippen LogP contribution is 2.38. The molecule has 0 aliphatic carbocycles. The van der Waals surface area contributed by atoms with Crippen LogP contribution in [-0.2, 0) is 11.8 Å². The normalized spacial score (nSPS) is 24.3. The largest absolute Gasteiger partial charge is 0.480 e. The second kappa shape index (κ2) is 10.4. The fourth-order valence-electron chi connectivity index (χ4n) is 5.84. The molecule has 2 saturated heterocycles. The molecule has 0 saturated carbocycles. The van der Waals surface area contributed by atoms with Gasteiger partial charge in [-0.2, -0.15) is 4.98 Å². The molecule has 3 aromatic rings. The number of nitrogens with zero attached hydrogens (tertiary/aromatic N) is 5. The minimum Gasteiger partial charge on any atom is -0.480 e. The van der Waals surface area contributed by atoms with Gasteiger partial charge in [0.25, 0.3) is 11.5 Å². The van der Waals surface area contributed by atoms with Crippen molar-refractivity contribution in [1.82, 2.24) is 19.4 Å². The lowest BCUT2D eigenvalue weighted by Gasteiger charge is -2.43. The molecular formula is C28H30ClF4N7O3. The topological polar surface area (TPSA) is 105 Å². The highest BCUT2D eigenvalue weighted by atomic mass is 35.5. The van der Waals surface area contributed by atoms with Gasteiger partial charge in [0.05, 0.1) is 42.5 Å². The molecule has 3 aliphatic heterocycles. The summed E-state index contributed by atoms with van der Waals surface area (Å²) in [5.74, 6) is -6.34. The van der Waals surface area contributed by atoms with E-state index in [4.69, 9.17) is 16.3 Å². The number of anilines is 4. The van der Waals surface area contributed by atoms with E-state index in [9.17, 15) is 27.2 Å². The van der Waals surface area contributed by atoms with Gasteiger partial charge in [-0.25, -0.2) is 22.5 Å². The van der Waals surface area contributed by atoms with Crippen LogP contribution in [0, 0.1) is 11.8 Å². The Morgan fingerprint density at radius 2 is 1.93 bits per heavy atom. The van der Waals surface area contributed by atoms with Crippen LogP contribution in [0.2, 0.25) is 5.02 Å². The lowest BCUT2D eigenvalue weighted by Crippen LogP contribution is -2.61. The van der Waals surface area contributed by atoms with E-state index in [1.165, 1.54) is 29.6 Å². The van der Waals surface area contributed by atoms with E-state index in [0.717, 1.165) is 0 Å². The van der Waals surface area contributed by atoms with Gasteiger partial charge in [0, 0.05) is 31.2 Å². The van der Waals surface area contributed by atoms with Crippen LogP contribution >= 0.6 is 11.6 Å². The van der Waals surface area contributed by atoms with Gasteiger partial charge in [-0.05, 0) is 37.5 Å². The summed E-state index contributed by atoms with van der Waals surface area (Å²) in [4.78, 5) is 37.8. The average Bonchev–Trinajstić information content (AvgIpc) is 3.06. The lowest BCUT2D eigenvalue weighted by molar-refractivity contribution is -0.170. The smallest absolute Gasteiger partial charge is 0.300 e. The van der Waals surface area contributed by atoms with Crippen LogP contribution in [0.4, 0.5) is 40.7 Å². The Hall–Kier alpha value is -3.81. The van der Waals surface area contributed by atoms with E-state index >= 15 is 0 Å². The molecule has 5 heterocycles. The molecule has 0 spiro atoms. The third-order valence-corrected chi connectivity index (χ3v) is 8.48. The van der Waals surface area contributed by atoms with Gasteiger partial charge in [0.1, 0.15) is 5.02 Å². The minimum absolute atomic E-state index is 0.0899. The van der Waals surface area contributed by atoms with E-state index in [-0.39, 0.29) is 40.6 Å². The number of aromatic nitrogens is 3. The summed E-state index contributed by atoms with van der Waals surface area (Å²) in [5, 5.41) is 6.59. The maximum absolute atomic E-state index is 14.4. The van der Waals surface area contributed by atoms with Crippen LogP contribution in [-0.4, -0.2) is 76.0 Å². The number of pyridine rings is 1. The molecule has 6 rings (SSSR count). The third-order valence-electron chi connectivity index (χ3n) is 8.20. The number of benzene rings is 1. The van der Waals surface area contributed by atoms with Crippen LogP contribution in [0.15, 0.2) is 29.2 Å². The summed E-state index contributed by atoms with van der Waals surface area (Å²) in [7, 11) is 1.53. The standard InChI is InChI=1S/C28H30ClF4N7O3/c1-14-6-16(24(41)40-11-27(30,31)12-40)10-39(9-14)26-34-8-19(29)23(37-26)36-17-4-5-20-18(7-17)21-22(25(42)38(20)3)43-13-28(32,33)15(2)35-21/h4-5,7-8,14-16,35H,6,9-13H2,1-3H3,(H,34,36,37)/t14?,15-,16?/m0/s1. The second-order valence-electron chi connectivity index (χ2n) is 11.7. The number of nitrogens with one attached hydrogen (secondary N) is 2. The molecule has 10 nitrogen and oxygen atoms in total. The maximum Gasteiger partial charge on any atom is 0.300 e. The molecule has 1 amide bonds. The SMILES string of the molecule is CC1CC(C(=O)N2CC(F)(F)C2)CN(c2ncc(Cl)c(Nc3ccc4c(c3)c3c(c(=O)n4C)OCC(F)(F)[C@H](C)N3)n2)C1. The Kier molecular flexibility index (Phi) is 7.09. The van der Waals surface area contributed by atoms with Crippen molar-refractivity contribution in [2.24, 2.45) is 18.9 Å². The number of carbonyl (C=O) groups is 1. The van der Waals surface area contributed by atoms with E-state index < -0.39 is 49.1 Å². The van der Waals surface area contributed by atoms with Gasteiger partial charge >= 0.3 is 5.92 Å². The van der Waals surface area contributed by atoms with Crippen molar-refractivity contribution in [3.05, 3.63) is 39.8 Å². The fourth-order valence-corrected chi connectivity index (χ4v) is 5.98. The number of alkyl halides is 4. The zero-order chi connectivity index (χ0) is 30.8. The molecule has 3 aliphatic rings. The second-order valence-corrected chi connectivity index (χ2v) is 12.1. The summed E-state index contributed by atoms with van der Waals surface area (Å²) >= 11 is 6.44. The lowest BCUT2D eigenvalue weighted by atomic mass is 9.88. The van der Waals surface area contributed by atoms with Crippen molar-refractivity contribution in [3.8, 4) is 5.75 Å². The van der Waals surface area contributed by atoms with Gasteiger partial charge < -0.3 is 29.7 Å². The highest BCUT2D eigenvalue weighted by molar-refractivity contribution is 6.33. The number of amides is 1. The molecule has 1 aromatic carbocycles. The molecule has 43 heavy (non-hydrogen) atoms. The molecule has 230 valence electrons. The monoisotopic (exact) mass is 623 g/mol. The zero-order valence-electron chi connectivity index (χ0n) is 23.6. The third kappa shape index (κ3) is 5.41. The minimum atomic E-state index is -3.20. The van der Waals surface area contributed by atoms with Crippen LogP contribution in [0.25, 0.3) is 10.9 Å². The number of fused-ring (bicyclic) bond motifs is 3. The van der Waals surface area contributed by atoms with Crippen molar-refractivity contribution < 1.29 is 27.1 Å². The Bertz CT molecular complexity index is 1660. The van der Waals surface area contributed by atoms with Crippen LogP contribution in [0.1, 0.15) is 20.3 Å². The van der Waals surface area contributed by atoms with Gasteiger partial charge in [-0.1, -0.05) is 18.5 Å². The van der Waals surface area contributed by atoms with Gasteiger partial charge in [-0.15, -0.1) is 0 Å². The van der Waals surface area contributed by atoms with Gasteiger partial charge in [0.15, 0.2) is 12.4 Å². The number of piperidine rings is 1. The first-order valence-corrected chi connectivity index (χ1v) is 14.3. The molecule has 0 radical (unpaired) electrons. The molecule has 2 unspecified atom stereocenters. The van der Waals surface area contributed by atoms with Gasteiger partial charge in [-0.3, -0.25) is 9.59 Å². The Labute approximate surface area is 249 Å². The number of hydrogen-bond acceptors (Lipinski definition) is 8. The average molecular weight is 624 g/mol. The number of aryl methyl sites for hydroxylation is 1. The summed E-state index contributed by atoms with van der Waals surface area (Å²) in [6.07, 6.45) is 2.00. The number of carbonyl (C=O) groups excluding carboxylic acids is 1. The van der Waals surface area contributed by atoms with Crippen molar-refractivity contribution in [2.45, 2.75) is 38.2 Å². The maximum atomic E-state index is 14.4. The van der Waals surface area contributed by atoms with E-state index in [0.29, 0.717) is 35.5 Å². The summed E-state index contributed by atoms with van der Waals surface area (Å²) in [6.45, 7) is 2.08. The predicted octanol–water partition coefficient (Wildman–Crippen LogP) is 4.49. The Balaban J connectivity index is 1.28. The van der Waals surface area contributed by atoms with Crippen LogP contribution < -0.4 is 25.8 Å². The zero-order valence-corrected chi connectivity index (χ0v) is 24.4. The molecule has 2 N–H and O–H groups in total. The number of rotatable bonds is 4. The van der Waals surface area contributed by atoms with E-state index in [1.807, 2.05) is 11.8 Å². The molecule has 2 aromatic heterocycles. The molecular weight excluding hydrogens is 594 g/mol. The number of hydrogen-bond donors (Lipinski definition) is 2. The summed E-state index contributed by atoms with van der Waals surface area (Å²) in [5.41, 5.74) is 0.623. The van der Waals surface area contributed by atoms with E-state index in [2.05, 4.69) is 20.6 Å². The number of likely N-dealkylation sites (tertiary alicyclic amines) is 1. The molecule has 0 bridgehead atoms. The summed E-state index contributed by atoms with van der Waals surface area (Å²) in [6, 6.07) is 3.76. The first-order valence-electron chi connectivity index (χ1n) is 13.9. The highest BCUT2D eigenvalue weighted by Gasteiger charge is 2.48. The van der Waals surface area contributed by atoms with Crippen molar-refractivity contribution >= 4 is 51.6 Å².